The predicted molar refractivity (Wildman–Crippen MR) is 146 cm³/mol. The highest BCUT2D eigenvalue weighted by Gasteiger charge is 2.37. The fourth-order valence-electron chi connectivity index (χ4n) is 5.15. The average molecular weight is 518 g/mol. The molecular weight excluding hydrogens is 493 g/mol. The number of imide groups is 1. The van der Waals surface area contributed by atoms with Crippen LogP contribution in [0, 0.1) is 5.82 Å². The Kier molecular flexibility index (Phi) is 6.11. The lowest BCUT2D eigenvalue weighted by molar-refractivity contribution is 0.0629. The number of benzene rings is 4. The van der Waals surface area contributed by atoms with E-state index in [4.69, 9.17) is 0 Å². The Morgan fingerprint density at radius 2 is 1.59 bits per heavy atom. The Bertz CT molecular complexity index is 1660. The van der Waals surface area contributed by atoms with Crippen LogP contribution < -0.4 is 5.32 Å². The summed E-state index contributed by atoms with van der Waals surface area (Å²) in [5.74, 6) is -1.76. The van der Waals surface area contributed by atoms with Gasteiger partial charge in [-0.1, -0.05) is 48.5 Å². The summed E-state index contributed by atoms with van der Waals surface area (Å²) in [6.45, 7) is 2.53. The Balaban J connectivity index is 1.28. The van der Waals surface area contributed by atoms with Gasteiger partial charge in [0.2, 0.25) is 0 Å². The van der Waals surface area contributed by atoms with Crippen LogP contribution in [-0.2, 0) is 6.54 Å². The number of carbonyl (C=O) groups excluding carboxylic acids is 3. The van der Waals surface area contributed by atoms with Gasteiger partial charge in [0, 0.05) is 16.8 Å². The van der Waals surface area contributed by atoms with Gasteiger partial charge in [-0.2, -0.15) is 0 Å². The Morgan fingerprint density at radius 3 is 2.33 bits per heavy atom. The molecule has 6 nitrogen and oxygen atoms in total. The van der Waals surface area contributed by atoms with Crippen molar-refractivity contribution in [2.24, 2.45) is 4.99 Å². The summed E-state index contributed by atoms with van der Waals surface area (Å²) in [7, 11) is 0. The summed E-state index contributed by atoms with van der Waals surface area (Å²) >= 11 is 0. The normalized spacial score (nSPS) is 14.6. The first-order chi connectivity index (χ1) is 18.9. The summed E-state index contributed by atoms with van der Waals surface area (Å²) in [5, 5.41) is 2.93. The van der Waals surface area contributed by atoms with Gasteiger partial charge in [-0.3, -0.25) is 24.3 Å². The molecule has 0 saturated heterocycles. The molecular formula is C32H24FN3O3. The molecule has 192 valence electrons. The summed E-state index contributed by atoms with van der Waals surface area (Å²) in [6, 6.07) is 25.0. The minimum Gasteiger partial charge on any atom is -0.343 e. The molecule has 2 heterocycles. The number of carbonyl (C=O) groups is 3. The summed E-state index contributed by atoms with van der Waals surface area (Å²) in [4.78, 5) is 45.1. The molecule has 0 saturated carbocycles. The van der Waals surface area contributed by atoms with E-state index in [1.165, 1.54) is 23.8 Å². The van der Waals surface area contributed by atoms with Crippen LogP contribution in [0.3, 0.4) is 0 Å². The number of aliphatic imine (C=N–C) groups is 1. The van der Waals surface area contributed by atoms with E-state index in [-0.39, 0.29) is 6.54 Å². The van der Waals surface area contributed by atoms with Crippen LogP contribution in [0.1, 0.15) is 60.7 Å². The van der Waals surface area contributed by atoms with Gasteiger partial charge in [0.25, 0.3) is 17.7 Å². The second-order valence-electron chi connectivity index (χ2n) is 9.70. The van der Waals surface area contributed by atoms with E-state index >= 15 is 0 Å². The highest BCUT2D eigenvalue weighted by atomic mass is 19.1. The molecule has 7 heteroatoms. The van der Waals surface area contributed by atoms with Crippen LogP contribution in [0.5, 0.6) is 0 Å². The first kappa shape index (κ1) is 24.4. The van der Waals surface area contributed by atoms with Crippen LogP contribution in [0.2, 0.25) is 0 Å². The lowest BCUT2D eigenvalue weighted by atomic mass is 9.97. The molecule has 2 aliphatic rings. The van der Waals surface area contributed by atoms with Crippen LogP contribution in [0.4, 0.5) is 4.39 Å². The van der Waals surface area contributed by atoms with Gasteiger partial charge in [-0.25, -0.2) is 4.39 Å². The minimum absolute atomic E-state index is 0.134. The first-order valence-electron chi connectivity index (χ1n) is 12.7. The number of halogens is 1. The van der Waals surface area contributed by atoms with Crippen molar-refractivity contribution in [3.63, 3.8) is 0 Å². The Morgan fingerprint density at radius 1 is 0.872 bits per heavy atom. The van der Waals surface area contributed by atoms with Gasteiger partial charge in [0.15, 0.2) is 0 Å². The van der Waals surface area contributed by atoms with Crippen molar-refractivity contribution in [1.82, 2.24) is 10.2 Å². The minimum atomic E-state index is -0.821. The maximum Gasteiger partial charge on any atom is 0.261 e. The van der Waals surface area contributed by atoms with Crippen molar-refractivity contribution in [2.45, 2.75) is 19.5 Å². The second kappa shape index (κ2) is 9.76. The van der Waals surface area contributed by atoms with Gasteiger partial charge in [0.05, 0.1) is 30.3 Å². The van der Waals surface area contributed by atoms with Crippen molar-refractivity contribution in [3.8, 4) is 11.1 Å². The predicted octanol–water partition coefficient (Wildman–Crippen LogP) is 5.58. The van der Waals surface area contributed by atoms with Gasteiger partial charge < -0.3 is 5.32 Å². The molecule has 0 aliphatic carbocycles. The third-order valence-corrected chi connectivity index (χ3v) is 7.24. The molecule has 39 heavy (non-hydrogen) atoms. The molecule has 4 aromatic carbocycles. The van der Waals surface area contributed by atoms with E-state index in [9.17, 15) is 18.8 Å². The molecule has 0 aromatic heterocycles. The number of hydrogen-bond donors (Lipinski definition) is 1. The highest BCUT2D eigenvalue weighted by Crippen LogP contribution is 2.29. The quantitative estimate of drug-likeness (QED) is 0.339. The first-order valence-corrected chi connectivity index (χ1v) is 12.7. The molecule has 0 radical (unpaired) electrons. The van der Waals surface area contributed by atoms with Crippen molar-refractivity contribution < 1.29 is 18.8 Å². The summed E-state index contributed by atoms with van der Waals surface area (Å²) < 4.78 is 14.2. The Labute approximate surface area is 224 Å². The smallest absolute Gasteiger partial charge is 0.261 e. The van der Waals surface area contributed by atoms with Crippen LogP contribution in [-0.4, -0.2) is 34.9 Å². The van der Waals surface area contributed by atoms with E-state index in [0.717, 1.165) is 27.3 Å². The molecule has 0 fully saturated rings. The molecule has 2 aliphatic heterocycles. The van der Waals surface area contributed by atoms with Crippen molar-refractivity contribution in [3.05, 3.63) is 130 Å². The van der Waals surface area contributed by atoms with Crippen LogP contribution in [0.25, 0.3) is 11.1 Å². The molecule has 6 rings (SSSR count). The van der Waals surface area contributed by atoms with E-state index in [0.29, 0.717) is 28.8 Å². The molecule has 4 aromatic rings. The largest absolute Gasteiger partial charge is 0.343 e. The molecule has 1 atom stereocenters. The van der Waals surface area contributed by atoms with Crippen molar-refractivity contribution >= 4 is 23.4 Å². The van der Waals surface area contributed by atoms with Gasteiger partial charge in [0.1, 0.15) is 5.82 Å². The van der Waals surface area contributed by atoms with Gasteiger partial charge >= 0.3 is 0 Å². The van der Waals surface area contributed by atoms with E-state index in [2.05, 4.69) is 22.4 Å². The number of hydrogen-bond acceptors (Lipinski definition) is 4. The fraction of sp³-hybridized carbons (Fsp3) is 0.125. The zero-order valence-corrected chi connectivity index (χ0v) is 21.1. The zero-order chi connectivity index (χ0) is 27.1. The Hall–Kier alpha value is -4.91. The topological polar surface area (TPSA) is 78.8 Å². The lowest BCUT2D eigenvalue weighted by Gasteiger charge is -2.24. The maximum atomic E-state index is 14.2. The van der Waals surface area contributed by atoms with Crippen molar-refractivity contribution in [2.75, 3.05) is 6.54 Å². The van der Waals surface area contributed by atoms with E-state index < -0.39 is 29.6 Å². The number of nitrogens with one attached hydrogen (secondary N) is 1. The lowest BCUT2D eigenvalue weighted by Crippen LogP contribution is -2.40. The second-order valence-corrected chi connectivity index (χ2v) is 9.70. The van der Waals surface area contributed by atoms with E-state index in [1.807, 2.05) is 19.1 Å². The zero-order valence-electron chi connectivity index (χ0n) is 21.1. The number of amides is 3. The number of nitrogens with zero attached hydrogens (tertiary/aromatic N) is 2. The SMILES string of the molecule is CC1=NCc2ccc(-c3cccc(C(=O)NC(CN4C(=O)c5ccccc5C4=O)c4cccc(F)c4)c3)cc21. The van der Waals surface area contributed by atoms with Crippen LogP contribution >= 0.6 is 0 Å². The standard InChI is InChI=1S/C32H24FN3O3/c1-19-28-16-21(12-13-24(28)17-34-19)20-6-4-8-23(14-20)30(37)35-29(22-7-5-9-25(33)15-22)18-36-31(38)26-10-2-3-11-27(26)32(36)39/h2-16,29H,17-18H2,1H3,(H,35,37). The maximum absolute atomic E-state index is 14.2. The number of rotatable bonds is 6. The molecule has 3 amide bonds. The highest BCUT2D eigenvalue weighted by molar-refractivity contribution is 6.21. The average Bonchev–Trinajstić information content (AvgIpc) is 3.44. The fourth-order valence-corrected chi connectivity index (χ4v) is 5.15. The molecule has 0 spiro atoms. The third-order valence-electron chi connectivity index (χ3n) is 7.24. The van der Waals surface area contributed by atoms with Gasteiger partial charge in [-0.15, -0.1) is 0 Å². The molecule has 1 unspecified atom stereocenters. The summed E-state index contributed by atoms with van der Waals surface area (Å²) in [6.07, 6.45) is 0. The van der Waals surface area contributed by atoms with Crippen molar-refractivity contribution in [1.29, 1.82) is 0 Å². The summed E-state index contributed by atoms with van der Waals surface area (Å²) in [5.41, 5.74) is 6.59. The molecule has 1 N–H and O–H groups in total. The van der Waals surface area contributed by atoms with Gasteiger partial charge in [-0.05, 0) is 71.6 Å². The monoisotopic (exact) mass is 517 g/mol. The number of fused-ring (bicyclic) bond motifs is 2. The third kappa shape index (κ3) is 4.52. The molecule has 0 bridgehead atoms. The van der Waals surface area contributed by atoms with Crippen LogP contribution in [0.15, 0.2) is 96.0 Å². The van der Waals surface area contributed by atoms with E-state index in [1.54, 1.807) is 48.5 Å².